The van der Waals surface area contributed by atoms with Crippen molar-refractivity contribution in [2.24, 2.45) is 11.3 Å². The molecule has 0 bridgehead atoms. The molecule has 1 fully saturated rings. The molecular formula is C12H16O3. The summed E-state index contributed by atoms with van der Waals surface area (Å²) < 4.78 is 4.81. The Balaban J connectivity index is 2.42. The molecule has 2 aliphatic carbocycles. The lowest BCUT2D eigenvalue weighted by molar-refractivity contribution is -0.160. The molecule has 0 aromatic heterocycles. The van der Waals surface area contributed by atoms with Crippen LogP contribution in [0, 0.1) is 11.3 Å². The van der Waals surface area contributed by atoms with Crippen LogP contribution in [0.25, 0.3) is 0 Å². The number of fused-ring (bicyclic) bond motifs is 1. The monoisotopic (exact) mass is 208 g/mol. The van der Waals surface area contributed by atoms with Crippen molar-refractivity contribution >= 4 is 11.8 Å². The molecule has 0 N–H and O–H groups in total. The minimum Gasteiger partial charge on any atom is -0.468 e. The first-order valence-corrected chi connectivity index (χ1v) is 5.51. The van der Waals surface area contributed by atoms with Crippen LogP contribution in [0.2, 0.25) is 0 Å². The van der Waals surface area contributed by atoms with Gasteiger partial charge in [0.15, 0.2) is 5.78 Å². The van der Waals surface area contributed by atoms with Gasteiger partial charge in [-0.05, 0) is 31.6 Å². The standard InChI is InChI=1S/C12H16O3/c1-15-11(14)12-8-3-2-5-9(12)6-4-7-10(12)13/h3,8-9H,2,4-7H2,1H3/t9-,12+/m0/s1. The van der Waals surface area contributed by atoms with Crippen LogP contribution in [-0.4, -0.2) is 18.9 Å². The average molecular weight is 208 g/mol. The highest BCUT2D eigenvalue weighted by Crippen LogP contribution is 2.45. The fourth-order valence-electron chi connectivity index (χ4n) is 2.86. The number of carbonyl (C=O) groups is 2. The van der Waals surface area contributed by atoms with Gasteiger partial charge in [0, 0.05) is 6.42 Å². The molecule has 0 aliphatic heterocycles. The van der Waals surface area contributed by atoms with Crippen LogP contribution in [0.15, 0.2) is 12.2 Å². The number of hydrogen-bond acceptors (Lipinski definition) is 3. The van der Waals surface area contributed by atoms with Gasteiger partial charge >= 0.3 is 5.97 Å². The van der Waals surface area contributed by atoms with Crippen LogP contribution >= 0.6 is 0 Å². The molecule has 0 unspecified atom stereocenters. The van der Waals surface area contributed by atoms with E-state index in [-0.39, 0.29) is 17.7 Å². The van der Waals surface area contributed by atoms with E-state index in [1.807, 2.05) is 6.08 Å². The fraction of sp³-hybridized carbons (Fsp3) is 0.667. The molecule has 0 heterocycles. The molecule has 0 saturated heterocycles. The molecule has 3 nitrogen and oxygen atoms in total. The summed E-state index contributed by atoms with van der Waals surface area (Å²) in [5, 5.41) is 0. The van der Waals surface area contributed by atoms with Crippen LogP contribution in [0.3, 0.4) is 0 Å². The summed E-state index contributed by atoms with van der Waals surface area (Å²) in [5.74, 6) is -0.161. The largest absolute Gasteiger partial charge is 0.468 e. The van der Waals surface area contributed by atoms with Gasteiger partial charge in [0.05, 0.1) is 7.11 Å². The summed E-state index contributed by atoms with van der Waals surface area (Å²) in [6.07, 6.45) is 8.01. The lowest BCUT2D eigenvalue weighted by Crippen LogP contribution is -2.48. The molecule has 0 radical (unpaired) electrons. The van der Waals surface area contributed by atoms with Crippen molar-refractivity contribution in [1.82, 2.24) is 0 Å². The van der Waals surface area contributed by atoms with Crippen LogP contribution in [-0.2, 0) is 14.3 Å². The van der Waals surface area contributed by atoms with Gasteiger partial charge in [-0.25, -0.2) is 0 Å². The Morgan fingerprint density at radius 1 is 1.53 bits per heavy atom. The van der Waals surface area contributed by atoms with Gasteiger partial charge in [0.25, 0.3) is 0 Å². The Kier molecular flexibility index (Phi) is 2.63. The second-order valence-corrected chi connectivity index (χ2v) is 4.35. The van der Waals surface area contributed by atoms with Gasteiger partial charge in [0.1, 0.15) is 5.41 Å². The number of allylic oxidation sites excluding steroid dienone is 1. The van der Waals surface area contributed by atoms with Gasteiger partial charge in [-0.1, -0.05) is 12.2 Å². The molecule has 2 rings (SSSR count). The normalized spacial score (nSPS) is 34.7. The topological polar surface area (TPSA) is 43.4 Å². The Morgan fingerprint density at radius 3 is 3.07 bits per heavy atom. The van der Waals surface area contributed by atoms with Gasteiger partial charge < -0.3 is 4.74 Å². The van der Waals surface area contributed by atoms with E-state index >= 15 is 0 Å². The van der Waals surface area contributed by atoms with Crippen LogP contribution < -0.4 is 0 Å². The third-order valence-electron chi connectivity index (χ3n) is 3.65. The lowest BCUT2D eigenvalue weighted by Gasteiger charge is -2.40. The van der Waals surface area contributed by atoms with Crippen molar-refractivity contribution in [3.05, 3.63) is 12.2 Å². The Hall–Kier alpha value is -1.12. The fourth-order valence-corrected chi connectivity index (χ4v) is 2.86. The Labute approximate surface area is 89.5 Å². The van der Waals surface area contributed by atoms with E-state index in [1.54, 1.807) is 6.08 Å². The highest BCUT2D eigenvalue weighted by Gasteiger charge is 2.52. The quantitative estimate of drug-likeness (QED) is 0.375. The molecule has 0 aromatic rings. The van der Waals surface area contributed by atoms with E-state index in [2.05, 4.69) is 0 Å². The van der Waals surface area contributed by atoms with Crippen molar-refractivity contribution < 1.29 is 14.3 Å². The molecule has 2 atom stereocenters. The number of esters is 1. The molecule has 15 heavy (non-hydrogen) atoms. The smallest absolute Gasteiger partial charge is 0.323 e. The van der Waals surface area contributed by atoms with Crippen LogP contribution in [0.4, 0.5) is 0 Å². The van der Waals surface area contributed by atoms with Crippen molar-refractivity contribution in [2.75, 3.05) is 7.11 Å². The highest BCUT2D eigenvalue weighted by atomic mass is 16.5. The third-order valence-corrected chi connectivity index (χ3v) is 3.65. The minimum atomic E-state index is -0.939. The molecule has 2 aliphatic rings. The number of hydrogen-bond donors (Lipinski definition) is 0. The maximum atomic E-state index is 12.0. The molecule has 0 amide bonds. The summed E-state index contributed by atoms with van der Waals surface area (Å²) in [6.45, 7) is 0. The number of ether oxygens (including phenoxy) is 1. The van der Waals surface area contributed by atoms with E-state index < -0.39 is 5.41 Å². The Bertz CT molecular complexity index is 309. The zero-order valence-corrected chi connectivity index (χ0v) is 8.99. The van der Waals surface area contributed by atoms with E-state index in [1.165, 1.54) is 7.11 Å². The average Bonchev–Trinajstić information content (AvgIpc) is 2.28. The highest BCUT2D eigenvalue weighted by molar-refractivity contribution is 6.06. The van der Waals surface area contributed by atoms with Crippen molar-refractivity contribution in [3.63, 3.8) is 0 Å². The SMILES string of the molecule is COC(=O)[C@]12C=CCC[C@H]1CCCC2=O. The van der Waals surface area contributed by atoms with E-state index in [9.17, 15) is 9.59 Å². The number of ketones is 1. The summed E-state index contributed by atoms with van der Waals surface area (Å²) in [6, 6.07) is 0. The van der Waals surface area contributed by atoms with E-state index in [0.717, 1.165) is 25.7 Å². The number of methoxy groups -OCH3 is 1. The van der Waals surface area contributed by atoms with Crippen molar-refractivity contribution in [1.29, 1.82) is 0 Å². The predicted molar refractivity (Wildman–Crippen MR) is 55.2 cm³/mol. The maximum absolute atomic E-state index is 12.0. The second-order valence-electron chi connectivity index (χ2n) is 4.35. The molecule has 3 heteroatoms. The predicted octanol–water partition coefficient (Wildman–Crippen LogP) is 1.86. The zero-order valence-electron chi connectivity index (χ0n) is 8.99. The van der Waals surface area contributed by atoms with Gasteiger partial charge in [-0.2, -0.15) is 0 Å². The Morgan fingerprint density at radius 2 is 2.33 bits per heavy atom. The van der Waals surface area contributed by atoms with Gasteiger partial charge in [-0.3, -0.25) is 9.59 Å². The zero-order chi connectivity index (χ0) is 10.9. The first-order valence-electron chi connectivity index (χ1n) is 5.51. The molecule has 0 spiro atoms. The van der Waals surface area contributed by atoms with Crippen molar-refractivity contribution in [2.45, 2.75) is 32.1 Å². The maximum Gasteiger partial charge on any atom is 0.323 e. The molecule has 82 valence electrons. The summed E-state index contributed by atoms with van der Waals surface area (Å²) in [4.78, 5) is 23.8. The summed E-state index contributed by atoms with van der Waals surface area (Å²) >= 11 is 0. The lowest BCUT2D eigenvalue weighted by atomic mass is 9.61. The van der Waals surface area contributed by atoms with Crippen molar-refractivity contribution in [3.8, 4) is 0 Å². The third kappa shape index (κ3) is 1.41. The minimum absolute atomic E-state index is 0.0431. The number of carbonyl (C=O) groups excluding carboxylic acids is 2. The molecular weight excluding hydrogens is 192 g/mol. The van der Waals surface area contributed by atoms with Gasteiger partial charge in [-0.15, -0.1) is 0 Å². The molecule has 0 aromatic carbocycles. The van der Waals surface area contributed by atoms with Gasteiger partial charge in [0.2, 0.25) is 0 Å². The van der Waals surface area contributed by atoms with E-state index in [0.29, 0.717) is 6.42 Å². The summed E-state index contributed by atoms with van der Waals surface area (Å²) in [7, 11) is 1.36. The van der Waals surface area contributed by atoms with E-state index in [4.69, 9.17) is 4.74 Å². The van der Waals surface area contributed by atoms with Crippen LogP contribution in [0.5, 0.6) is 0 Å². The number of Topliss-reactive ketones (excluding diaryl/α,β-unsaturated/α-hetero) is 1. The summed E-state index contributed by atoms with van der Waals surface area (Å²) in [5.41, 5.74) is -0.939. The second kappa shape index (κ2) is 3.80. The first kappa shape index (κ1) is 10.4. The number of rotatable bonds is 1. The first-order chi connectivity index (χ1) is 7.21. The molecule has 1 saturated carbocycles. The van der Waals surface area contributed by atoms with Crippen LogP contribution in [0.1, 0.15) is 32.1 Å².